The molecule has 3 amide bonds. The van der Waals surface area contributed by atoms with Gasteiger partial charge in [-0.3, -0.25) is 9.69 Å². The number of ether oxygens (including phenoxy) is 1. The number of nitrogens with zero attached hydrogens (tertiary/aromatic N) is 2. The number of carbonyl (C=O) groups is 2. The van der Waals surface area contributed by atoms with E-state index in [1.807, 2.05) is 24.3 Å². The van der Waals surface area contributed by atoms with E-state index in [2.05, 4.69) is 11.9 Å². The first-order chi connectivity index (χ1) is 10.2. The lowest BCUT2D eigenvalue weighted by Crippen LogP contribution is -2.40. The molecule has 112 valence electrons. The van der Waals surface area contributed by atoms with Gasteiger partial charge in [0.05, 0.1) is 12.8 Å². The summed E-state index contributed by atoms with van der Waals surface area (Å²) in [6.07, 6.45) is 1.60. The second-order valence-corrected chi connectivity index (χ2v) is 4.62. The number of para-hydroxylation sites is 2. The fraction of sp³-hybridized carbons (Fsp3) is 0.333. The minimum absolute atomic E-state index is 0.0539. The largest absolute Gasteiger partial charge is 0.495 e. The van der Waals surface area contributed by atoms with Crippen LogP contribution >= 0.6 is 0 Å². The third-order valence-corrected chi connectivity index (χ3v) is 3.25. The zero-order valence-electron chi connectivity index (χ0n) is 12.0. The van der Waals surface area contributed by atoms with E-state index in [9.17, 15) is 9.59 Å². The summed E-state index contributed by atoms with van der Waals surface area (Å²) in [5, 5.41) is 2.66. The van der Waals surface area contributed by atoms with Crippen LogP contribution in [-0.4, -0.2) is 50.1 Å². The van der Waals surface area contributed by atoms with Crippen LogP contribution in [0.2, 0.25) is 0 Å². The maximum Gasteiger partial charge on any atom is 0.325 e. The predicted octanol–water partition coefficient (Wildman–Crippen LogP) is 1.24. The van der Waals surface area contributed by atoms with Crippen molar-refractivity contribution in [1.29, 1.82) is 0 Å². The molecule has 1 aliphatic rings. The highest BCUT2D eigenvalue weighted by Gasteiger charge is 2.32. The van der Waals surface area contributed by atoms with E-state index in [1.54, 1.807) is 18.1 Å². The minimum Gasteiger partial charge on any atom is -0.495 e. The van der Waals surface area contributed by atoms with Crippen molar-refractivity contribution in [3.8, 4) is 5.75 Å². The van der Waals surface area contributed by atoms with Crippen molar-refractivity contribution >= 4 is 17.6 Å². The zero-order chi connectivity index (χ0) is 15.2. The highest BCUT2D eigenvalue weighted by atomic mass is 16.5. The zero-order valence-corrected chi connectivity index (χ0v) is 12.0. The van der Waals surface area contributed by atoms with Crippen molar-refractivity contribution in [3.63, 3.8) is 0 Å². The quantitative estimate of drug-likeness (QED) is 0.801. The van der Waals surface area contributed by atoms with Gasteiger partial charge in [0.2, 0.25) is 5.91 Å². The lowest BCUT2D eigenvalue weighted by atomic mass is 10.2. The molecule has 0 unspecified atom stereocenters. The first-order valence-electron chi connectivity index (χ1n) is 6.74. The van der Waals surface area contributed by atoms with Gasteiger partial charge in [-0.15, -0.1) is 6.58 Å². The SMILES string of the molecule is C=CCNC(=O)CN1CCN(c2ccccc2OC)C1=O. The summed E-state index contributed by atoms with van der Waals surface area (Å²) >= 11 is 0. The van der Waals surface area contributed by atoms with Crippen molar-refractivity contribution in [1.82, 2.24) is 10.2 Å². The number of anilines is 1. The second-order valence-electron chi connectivity index (χ2n) is 4.62. The Morgan fingerprint density at radius 2 is 2.19 bits per heavy atom. The van der Waals surface area contributed by atoms with Gasteiger partial charge in [0.1, 0.15) is 12.3 Å². The molecule has 0 atom stereocenters. The Morgan fingerprint density at radius 1 is 1.43 bits per heavy atom. The van der Waals surface area contributed by atoms with E-state index in [-0.39, 0.29) is 18.5 Å². The number of benzene rings is 1. The van der Waals surface area contributed by atoms with E-state index in [1.165, 1.54) is 4.90 Å². The van der Waals surface area contributed by atoms with Crippen LogP contribution in [0.25, 0.3) is 0 Å². The fourth-order valence-electron chi connectivity index (χ4n) is 2.22. The number of urea groups is 1. The highest BCUT2D eigenvalue weighted by Crippen LogP contribution is 2.30. The summed E-state index contributed by atoms with van der Waals surface area (Å²) in [5.74, 6) is 0.453. The summed E-state index contributed by atoms with van der Waals surface area (Å²) in [6, 6.07) is 7.15. The standard InChI is InChI=1S/C15H19N3O3/c1-3-8-16-14(19)11-17-9-10-18(15(17)20)12-6-4-5-7-13(12)21-2/h3-7H,1,8-11H2,2H3,(H,16,19). The number of hydrogen-bond acceptors (Lipinski definition) is 3. The van der Waals surface area contributed by atoms with Gasteiger partial charge in [-0.1, -0.05) is 18.2 Å². The number of nitrogens with one attached hydrogen (secondary N) is 1. The smallest absolute Gasteiger partial charge is 0.325 e. The van der Waals surface area contributed by atoms with Gasteiger partial charge in [-0.25, -0.2) is 4.79 Å². The van der Waals surface area contributed by atoms with E-state index >= 15 is 0 Å². The van der Waals surface area contributed by atoms with Crippen LogP contribution < -0.4 is 15.0 Å². The van der Waals surface area contributed by atoms with Crippen LogP contribution in [0.15, 0.2) is 36.9 Å². The molecule has 0 aliphatic carbocycles. The Hall–Kier alpha value is -2.50. The Balaban J connectivity index is 2.04. The molecule has 1 N–H and O–H groups in total. The predicted molar refractivity (Wildman–Crippen MR) is 80.5 cm³/mol. The van der Waals surface area contributed by atoms with E-state index < -0.39 is 0 Å². The highest BCUT2D eigenvalue weighted by molar-refractivity contribution is 5.97. The second kappa shape index (κ2) is 6.78. The number of methoxy groups -OCH3 is 1. The van der Waals surface area contributed by atoms with Crippen LogP contribution in [0.1, 0.15) is 0 Å². The molecule has 1 aromatic rings. The average Bonchev–Trinajstić information content (AvgIpc) is 2.86. The monoisotopic (exact) mass is 289 g/mol. The molecule has 0 radical (unpaired) electrons. The number of carbonyl (C=O) groups excluding carboxylic acids is 2. The van der Waals surface area contributed by atoms with Crippen molar-refractivity contribution in [2.75, 3.05) is 38.2 Å². The van der Waals surface area contributed by atoms with Crippen LogP contribution in [0.3, 0.4) is 0 Å². The molecule has 1 aromatic carbocycles. The van der Waals surface area contributed by atoms with Gasteiger partial charge in [0.25, 0.3) is 0 Å². The molecule has 6 heteroatoms. The van der Waals surface area contributed by atoms with Crippen LogP contribution in [-0.2, 0) is 4.79 Å². The minimum atomic E-state index is -0.190. The molecule has 2 rings (SSSR count). The summed E-state index contributed by atoms with van der Waals surface area (Å²) in [7, 11) is 1.57. The summed E-state index contributed by atoms with van der Waals surface area (Å²) in [6.45, 7) is 5.03. The first-order valence-corrected chi connectivity index (χ1v) is 6.74. The Labute approximate surface area is 124 Å². The van der Waals surface area contributed by atoms with Crippen LogP contribution in [0.5, 0.6) is 5.75 Å². The third kappa shape index (κ3) is 3.34. The molecule has 1 heterocycles. The summed E-state index contributed by atoms with van der Waals surface area (Å²) < 4.78 is 5.27. The summed E-state index contributed by atoms with van der Waals surface area (Å²) in [4.78, 5) is 27.2. The molecular formula is C15H19N3O3. The maximum absolute atomic E-state index is 12.4. The lowest BCUT2D eigenvalue weighted by molar-refractivity contribution is -0.121. The topological polar surface area (TPSA) is 61.9 Å². The fourth-order valence-corrected chi connectivity index (χ4v) is 2.22. The van der Waals surface area contributed by atoms with Gasteiger partial charge < -0.3 is 15.0 Å². The van der Waals surface area contributed by atoms with Gasteiger partial charge in [-0.2, -0.15) is 0 Å². The van der Waals surface area contributed by atoms with E-state index in [0.717, 1.165) is 5.69 Å². The molecule has 0 bridgehead atoms. The molecule has 21 heavy (non-hydrogen) atoms. The van der Waals surface area contributed by atoms with Crippen molar-refractivity contribution in [3.05, 3.63) is 36.9 Å². The molecule has 0 saturated carbocycles. The van der Waals surface area contributed by atoms with E-state index in [4.69, 9.17) is 4.74 Å². The maximum atomic E-state index is 12.4. The molecular weight excluding hydrogens is 270 g/mol. The summed E-state index contributed by atoms with van der Waals surface area (Å²) in [5.41, 5.74) is 0.721. The van der Waals surface area contributed by atoms with Crippen molar-refractivity contribution < 1.29 is 14.3 Å². The van der Waals surface area contributed by atoms with E-state index in [0.29, 0.717) is 25.4 Å². The third-order valence-electron chi connectivity index (χ3n) is 3.25. The van der Waals surface area contributed by atoms with Crippen molar-refractivity contribution in [2.45, 2.75) is 0 Å². The first kappa shape index (κ1) is 14.9. The van der Waals surface area contributed by atoms with Gasteiger partial charge in [-0.05, 0) is 12.1 Å². The van der Waals surface area contributed by atoms with Crippen molar-refractivity contribution in [2.24, 2.45) is 0 Å². The Kier molecular flexibility index (Phi) is 4.81. The molecule has 0 aromatic heterocycles. The molecule has 0 spiro atoms. The Bertz CT molecular complexity index is 545. The normalized spacial score (nSPS) is 14.2. The number of rotatable bonds is 6. The molecule has 6 nitrogen and oxygen atoms in total. The number of amides is 3. The Morgan fingerprint density at radius 3 is 2.90 bits per heavy atom. The molecule has 1 saturated heterocycles. The van der Waals surface area contributed by atoms with Gasteiger partial charge in [0.15, 0.2) is 0 Å². The van der Waals surface area contributed by atoms with Crippen LogP contribution in [0.4, 0.5) is 10.5 Å². The molecule has 1 aliphatic heterocycles. The van der Waals surface area contributed by atoms with Gasteiger partial charge in [0, 0.05) is 19.6 Å². The van der Waals surface area contributed by atoms with Crippen LogP contribution in [0, 0.1) is 0 Å². The number of hydrogen-bond donors (Lipinski definition) is 1. The lowest BCUT2D eigenvalue weighted by Gasteiger charge is -2.20. The van der Waals surface area contributed by atoms with Gasteiger partial charge >= 0.3 is 6.03 Å². The molecule has 1 fully saturated rings. The average molecular weight is 289 g/mol.